The van der Waals surface area contributed by atoms with E-state index in [1.165, 1.54) is 7.11 Å². The number of benzene rings is 1. The first-order valence-electron chi connectivity index (χ1n) is 8.58. The summed E-state index contributed by atoms with van der Waals surface area (Å²) < 4.78 is 10.6. The van der Waals surface area contributed by atoms with Crippen molar-refractivity contribution in [3.63, 3.8) is 0 Å². The summed E-state index contributed by atoms with van der Waals surface area (Å²) in [6.07, 6.45) is 0.987. The van der Waals surface area contributed by atoms with Crippen molar-refractivity contribution in [1.82, 2.24) is 9.80 Å². The van der Waals surface area contributed by atoms with Crippen LogP contribution in [0.5, 0.6) is 11.5 Å². The van der Waals surface area contributed by atoms with Crippen LogP contribution < -0.4 is 14.4 Å². The average Bonchev–Trinajstić information content (AvgIpc) is 3.08. The van der Waals surface area contributed by atoms with Crippen LogP contribution in [0.2, 0.25) is 0 Å². The lowest BCUT2D eigenvalue weighted by Gasteiger charge is -2.34. The SMILES string of the molecule is COc1ccc(N2CC(C(=O)N3CCN(C=O)CC3)CC2=O)c(OC)c1. The molecule has 1 aromatic carbocycles. The summed E-state index contributed by atoms with van der Waals surface area (Å²) in [6, 6.07) is 5.25. The van der Waals surface area contributed by atoms with E-state index in [1.54, 1.807) is 40.0 Å². The number of carbonyl (C=O) groups excluding carboxylic acids is 3. The van der Waals surface area contributed by atoms with Crippen molar-refractivity contribution in [1.29, 1.82) is 0 Å². The minimum Gasteiger partial charge on any atom is -0.497 e. The van der Waals surface area contributed by atoms with Gasteiger partial charge in [0.25, 0.3) is 0 Å². The molecule has 2 fully saturated rings. The van der Waals surface area contributed by atoms with Crippen LogP contribution >= 0.6 is 0 Å². The Morgan fingerprint density at radius 1 is 1.15 bits per heavy atom. The van der Waals surface area contributed by atoms with E-state index in [2.05, 4.69) is 0 Å². The first-order valence-corrected chi connectivity index (χ1v) is 8.58. The fourth-order valence-electron chi connectivity index (χ4n) is 3.42. The number of rotatable bonds is 5. The predicted octanol–water partition coefficient (Wildman–Crippen LogP) is 0.357. The molecular formula is C18H23N3O5. The van der Waals surface area contributed by atoms with Crippen LogP contribution in [0, 0.1) is 5.92 Å². The third kappa shape index (κ3) is 3.44. The number of anilines is 1. The zero-order valence-corrected chi connectivity index (χ0v) is 15.0. The number of ether oxygens (including phenoxy) is 2. The number of piperazine rings is 1. The Morgan fingerprint density at radius 3 is 2.50 bits per heavy atom. The zero-order chi connectivity index (χ0) is 18.7. The number of hydrogen-bond donors (Lipinski definition) is 0. The molecule has 1 aromatic rings. The lowest BCUT2D eigenvalue weighted by molar-refractivity contribution is -0.139. The molecule has 0 aliphatic carbocycles. The number of hydrogen-bond acceptors (Lipinski definition) is 5. The Hall–Kier alpha value is -2.77. The minimum atomic E-state index is -0.378. The first-order chi connectivity index (χ1) is 12.6. The molecule has 3 amide bonds. The molecule has 2 aliphatic rings. The summed E-state index contributed by atoms with van der Waals surface area (Å²) in [7, 11) is 3.10. The van der Waals surface area contributed by atoms with Gasteiger partial charge in [-0.15, -0.1) is 0 Å². The van der Waals surface area contributed by atoms with Gasteiger partial charge in [-0.3, -0.25) is 14.4 Å². The highest BCUT2D eigenvalue weighted by Gasteiger charge is 2.38. The van der Waals surface area contributed by atoms with E-state index in [4.69, 9.17) is 9.47 Å². The summed E-state index contributed by atoms with van der Waals surface area (Å²) in [4.78, 5) is 41.1. The molecule has 1 atom stereocenters. The number of methoxy groups -OCH3 is 2. The molecule has 0 aromatic heterocycles. The lowest BCUT2D eigenvalue weighted by Crippen LogP contribution is -2.50. The van der Waals surface area contributed by atoms with Gasteiger partial charge in [0, 0.05) is 45.2 Å². The molecule has 8 nitrogen and oxygen atoms in total. The summed E-state index contributed by atoms with van der Waals surface area (Å²) in [5, 5.41) is 0. The second-order valence-corrected chi connectivity index (χ2v) is 6.41. The van der Waals surface area contributed by atoms with Gasteiger partial charge in [-0.05, 0) is 12.1 Å². The Morgan fingerprint density at radius 2 is 1.88 bits per heavy atom. The third-order valence-electron chi connectivity index (χ3n) is 4.93. The Labute approximate surface area is 152 Å². The fraction of sp³-hybridized carbons (Fsp3) is 0.500. The Bertz CT molecular complexity index is 700. The largest absolute Gasteiger partial charge is 0.497 e. The van der Waals surface area contributed by atoms with Gasteiger partial charge in [-0.25, -0.2) is 0 Å². The molecule has 0 spiro atoms. The van der Waals surface area contributed by atoms with Gasteiger partial charge in [0.05, 0.1) is 25.8 Å². The van der Waals surface area contributed by atoms with E-state index >= 15 is 0 Å². The zero-order valence-electron chi connectivity index (χ0n) is 15.0. The summed E-state index contributed by atoms with van der Waals surface area (Å²) >= 11 is 0. The van der Waals surface area contributed by atoms with Gasteiger partial charge in [-0.2, -0.15) is 0 Å². The summed E-state index contributed by atoms with van der Waals surface area (Å²) in [6.45, 7) is 2.41. The summed E-state index contributed by atoms with van der Waals surface area (Å²) in [5.41, 5.74) is 0.638. The fourth-order valence-corrected chi connectivity index (χ4v) is 3.42. The average molecular weight is 361 g/mol. The number of amides is 3. The van der Waals surface area contributed by atoms with Crippen molar-refractivity contribution >= 4 is 23.9 Å². The maximum Gasteiger partial charge on any atom is 0.228 e. The van der Waals surface area contributed by atoms with E-state index in [0.29, 0.717) is 49.9 Å². The highest BCUT2D eigenvalue weighted by Crippen LogP contribution is 2.36. The molecule has 3 rings (SSSR count). The van der Waals surface area contributed by atoms with Crippen LogP contribution in [0.4, 0.5) is 5.69 Å². The highest BCUT2D eigenvalue weighted by molar-refractivity contribution is 6.01. The minimum absolute atomic E-state index is 0.0288. The van der Waals surface area contributed by atoms with Crippen molar-refractivity contribution in [3.8, 4) is 11.5 Å². The van der Waals surface area contributed by atoms with Crippen molar-refractivity contribution in [2.24, 2.45) is 5.92 Å². The van der Waals surface area contributed by atoms with Crippen LogP contribution in [0.15, 0.2) is 18.2 Å². The molecule has 0 bridgehead atoms. The molecule has 0 radical (unpaired) electrons. The normalized spacial score (nSPS) is 20.3. The molecule has 2 aliphatic heterocycles. The van der Waals surface area contributed by atoms with Gasteiger partial charge in [-0.1, -0.05) is 0 Å². The molecule has 2 saturated heterocycles. The smallest absolute Gasteiger partial charge is 0.228 e. The van der Waals surface area contributed by atoms with Gasteiger partial charge >= 0.3 is 0 Å². The molecular weight excluding hydrogens is 338 g/mol. The predicted molar refractivity (Wildman–Crippen MR) is 94.2 cm³/mol. The van der Waals surface area contributed by atoms with Crippen LogP contribution in [0.3, 0.4) is 0 Å². The van der Waals surface area contributed by atoms with E-state index in [1.807, 2.05) is 0 Å². The monoisotopic (exact) mass is 361 g/mol. The maximum absolute atomic E-state index is 12.8. The van der Waals surface area contributed by atoms with E-state index < -0.39 is 0 Å². The molecule has 8 heteroatoms. The second kappa shape index (κ2) is 7.63. The van der Waals surface area contributed by atoms with E-state index in [9.17, 15) is 14.4 Å². The van der Waals surface area contributed by atoms with E-state index in [-0.39, 0.29) is 24.2 Å². The van der Waals surface area contributed by atoms with E-state index in [0.717, 1.165) is 6.41 Å². The highest BCUT2D eigenvalue weighted by atomic mass is 16.5. The number of carbonyl (C=O) groups is 3. The maximum atomic E-state index is 12.8. The molecule has 140 valence electrons. The number of nitrogens with zero attached hydrogens (tertiary/aromatic N) is 3. The van der Waals surface area contributed by atoms with Crippen molar-refractivity contribution in [2.75, 3.05) is 51.8 Å². The first kappa shape index (κ1) is 18.0. The van der Waals surface area contributed by atoms with Gasteiger partial charge in [0.2, 0.25) is 18.2 Å². The Balaban J connectivity index is 1.71. The standard InChI is InChI=1S/C18H23N3O5/c1-25-14-3-4-15(16(10-14)26-2)21-11-13(9-17(21)23)18(24)20-7-5-19(12-22)6-8-20/h3-4,10,12-13H,5-9,11H2,1-2H3. The quantitative estimate of drug-likeness (QED) is 0.708. The van der Waals surface area contributed by atoms with Crippen molar-refractivity contribution in [2.45, 2.75) is 6.42 Å². The van der Waals surface area contributed by atoms with Gasteiger partial charge in [0.1, 0.15) is 11.5 Å². The lowest BCUT2D eigenvalue weighted by atomic mass is 10.1. The Kier molecular flexibility index (Phi) is 5.29. The molecule has 2 heterocycles. The van der Waals surface area contributed by atoms with Crippen LogP contribution in [-0.4, -0.2) is 75.0 Å². The van der Waals surface area contributed by atoms with Crippen LogP contribution in [0.25, 0.3) is 0 Å². The topological polar surface area (TPSA) is 79.4 Å². The molecule has 1 unspecified atom stereocenters. The van der Waals surface area contributed by atoms with Crippen LogP contribution in [-0.2, 0) is 14.4 Å². The molecule has 0 N–H and O–H groups in total. The van der Waals surface area contributed by atoms with Crippen molar-refractivity contribution in [3.05, 3.63) is 18.2 Å². The molecule has 0 saturated carbocycles. The van der Waals surface area contributed by atoms with Crippen LogP contribution in [0.1, 0.15) is 6.42 Å². The van der Waals surface area contributed by atoms with Crippen molar-refractivity contribution < 1.29 is 23.9 Å². The summed E-state index contributed by atoms with van der Waals surface area (Å²) in [5.74, 6) is 0.664. The second-order valence-electron chi connectivity index (χ2n) is 6.41. The third-order valence-corrected chi connectivity index (χ3v) is 4.93. The van der Waals surface area contributed by atoms with Gasteiger partial charge in [0.15, 0.2) is 0 Å². The molecule has 26 heavy (non-hydrogen) atoms. The van der Waals surface area contributed by atoms with Gasteiger partial charge < -0.3 is 24.2 Å².